The van der Waals surface area contributed by atoms with Crippen molar-refractivity contribution in [2.45, 2.75) is 25.1 Å². The number of hydrogen-bond acceptors (Lipinski definition) is 5. The van der Waals surface area contributed by atoms with Crippen molar-refractivity contribution in [2.75, 3.05) is 39.8 Å². The number of ether oxygens (including phenoxy) is 1. The highest BCUT2D eigenvalue weighted by Crippen LogP contribution is 2.24. The summed E-state index contributed by atoms with van der Waals surface area (Å²) in [6, 6.07) is 5.40. The first kappa shape index (κ1) is 17.5. The van der Waals surface area contributed by atoms with Gasteiger partial charge in [0.25, 0.3) is 0 Å². The second-order valence-electron chi connectivity index (χ2n) is 6.41. The number of carbonyl (C=O) groups excluding carboxylic acids is 1. The molecule has 2 aliphatic heterocycles. The lowest BCUT2D eigenvalue weighted by molar-refractivity contribution is -0.135. The molecular formula is C17H24ClN3O3. The van der Waals surface area contributed by atoms with Crippen LogP contribution in [-0.2, 0) is 11.3 Å². The lowest BCUT2D eigenvalue weighted by atomic mass is 10.1. The van der Waals surface area contributed by atoms with Crippen LogP contribution in [0.3, 0.4) is 0 Å². The van der Waals surface area contributed by atoms with Crippen LogP contribution in [0, 0.1) is 0 Å². The highest BCUT2D eigenvalue weighted by molar-refractivity contribution is 6.30. The molecule has 0 aliphatic carbocycles. The third-order valence-corrected chi connectivity index (χ3v) is 4.96. The van der Waals surface area contributed by atoms with Crippen LogP contribution < -0.4 is 10.1 Å². The average molecular weight is 354 g/mol. The van der Waals surface area contributed by atoms with Gasteiger partial charge in [0, 0.05) is 49.9 Å². The third kappa shape index (κ3) is 4.00. The number of aliphatic hydroxyl groups is 1. The summed E-state index contributed by atoms with van der Waals surface area (Å²) in [5, 5.41) is 13.3. The lowest BCUT2D eigenvalue weighted by Crippen LogP contribution is -2.52. The molecule has 6 nitrogen and oxygen atoms in total. The zero-order valence-electron chi connectivity index (χ0n) is 13.9. The topological polar surface area (TPSA) is 65.0 Å². The minimum atomic E-state index is -0.407. The van der Waals surface area contributed by atoms with Crippen molar-refractivity contribution in [3.63, 3.8) is 0 Å². The Hall–Kier alpha value is -1.34. The van der Waals surface area contributed by atoms with E-state index in [1.807, 2.05) is 23.1 Å². The van der Waals surface area contributed by atoms with E-state index in [0.29, 0.717) is 31.1 Å². The van der Waals surface area contributed by atoms with Gasteiger partial charge >= 0.3 is 0 Å². The van der Waals surface area contributed by atoms with E-state index in [4.69, 9.17) is 16.3 Å². The van der Waals surface area contributed by atoms with Gasteiger partial charge in [-0.15, -0.1) is 0 Å². The predicted molar refractivity (Wildman–Crippen MR) is 92.3 cm³/mol. The van der Waals surface area contributed by atoms with Gasteiger partial charge in [-0.25, -0.2) is 0 Å². The van der Waals surface area contributed by atoms with Crippen molar-refractivity contribution in [1.29, 1.82) is 0 Å². The minimum Gasteiger partial charge on any atom is -0.496 e. The van der Waals surface area contributed by atoms with Crippen LogP contribution in [-0.4, -0.2) is 72.8 Å². The molecule has 2 aliphatic rings. The number of aliphatic hydroxyl groups excluding tert-OH is 1. The zero-order valence-corrected chi connectivity index (χ0v) is 14.6. The van der Waals surface area contributed by atoms with Crippen LogP contribution in [0.25, 0.3) is 0 Å². The van der Waals surface area contributed by atoms with E-state index in [-0.39, 0.29) is 11.9 Å². The highest BCUT2D eigenvalue weighted by Gasteiger charge is 2.32. The molecule has 132 valence electrons. The number of rotatable bonds is 4. The fourth-order valence-electron chi connectivity index (χ4n) is 3.36. The molecule has 0 bridgehead atoms. The SMILES string of the molecule is COc1ccc(Cl)cc1CN1CCN(C(=O)[C@H]2C[C@@H](O)CN2)CC1. The molecule has 24 heavy (non-hydrogen) atoms. The number of hydrogen-bond donors (Lipinski definition) is 2. The summed E-state index contributed by atoms with van der Waals surface area (Å²) in [6.45, 7) is 4.30. The molecule has 0 saturated carbocycles. The van der Waals surface area contributed by atoms with Gasteiger partial charge in [0.1, 0.15) is 5.75 Å². The Morgan fingerprint density at radius 2 is 2.12 bits per heavy atom. The van der Waals surface area contributed by atoms with Gasteiger partial charge in [0.15, 0.2) is 0 Å². The van der Waals surface area contributed by atoms with Crippen molar-refractivity contribution in [2.24, 2.45) is 0 Å². The average Bonchev–Trinajstić information content (AvgIpc) is 3.02. The summed E-state index contributed by atoms with van der Waals surface area (Å²) in [5.41, 5.74) is 1.06. The molecule has 2 N–H and O–H groups in total. The molecule has 0 radical (unpaired) electrons. The molecule has 1 aromatic carbocycles. The summed E-state index contributed by atoms with van der Waals surface area (Å²) in [6.07, 6.45) is 0.106. The molecule has 0 aromatic heterocycles. The minimum absolute atomic E-state index is 0.103. The largest absolute Gasteiger partial charge is 0.496 e. The molecule has 7 heteroatoms. The Kier molecular flexibility index (Phi) is 5.61. The summed E-state index contributed by atoms with van der Waals surface area (Å²) in [5.74, 6) is 0.939. The van der Waals surface area contributed by atoms with E-state index >= 15 is 0 Å². The Balaban J connectivity index is 1.54. The number of methoxy groups -OCH3 is 1. The lowest BCUT2D eigenvalue weighted by Gasteiger charge is -2.36. The molecule has 2 atom stereocenters. The number of halogens is 1. The van der Waals surface area contributed by atoms with Crippen LogP contribution in [0.5, 0.6) is 5.75 Å². The monoisotopic (exact) mass is 353 g/mol. The molecule has 2 fully saturated rings. The Bertz CT molecular complexity index is 590. The van der Waals surface area contributed by atoms with Crippen LogP contribution in [0.1, 0.15) is 12.0 Å². The van der Waals surface area contributed by atoms with Crippen LogP contribution in [0.2, 0.25) is 5.02 Å². The molecule has 3 rings (SSSR count). The quantitative estimate of drug-likeness (QED) is 0.835. The van der Waals surface area contributed by atoms with Gasteiger partial charge in [-0.1, -0.05) is 11.6 Å². The number of β-amino-alcohol motifs (C(OH)–C–C–N with tert-alkyl or cyclic N) is 1. The van der Waals surface area contributed by atoms with Gasteiger partial charge in [0.05, 0.1) is 19.3 Å². The van der Waals surface area contributed by atoms with Crippen LogP contribution >= 0.6 is 11.6 Å². The number of piperazine rings is 1. The fraction of sp³-hybridized carbons (Fsp3) is 0.588. The van der Waals surface area contributed by atoms with E-state index in [1.165, 1.54) is 0 Å². The maximum absolute atomic E-state index is 12.5. The maximum atomic E-state index is 12.5. The maximum Gasteiger partial charge on any atom is 0.239 e. The normalized spacial score (nSPS) is 25.0. The second-order valence-corrected chi connectivity index (χ2v) is 6.84. The highest BCUT2D eigenvalue weighted by atomic mass is 35.5. The van der Waals surface area contributed by atoms with Gasteiger partial charge in [-0.3, -0.25) is 9.69 Å². The first-order valence-electron chi connectivity index (χ1n) is 8.32. The Morgan fingerprint density at radius 1 is 1.38 bits per heavy atom. The summed E-state index contributed by atoms with van der Waals surface area (Å²) in [7, 11) is 1.66. The van der Waals surface area contributed by atoms with Crippen molar-refractivity contribution in [3.8, 4) is 5.75 Å². The summed E-state index contributed by atoms with van der Waals surface area (Å²) >= 11 is 6.09. The van der Waals surface area contributed by atoms with E-state index in [0.717, 1.165) is 30.9 Å². The molecule has 0 unspecified atom stereocenters. The zero-order chi connectivity index (χ0) is 17.1. The van der Waals surface area contributed by atoms with Crippen molar-refractivity contribution >= 4 is 17.5 Å². The smallest absolute Gasteiger partial charge is 0.239 e. The van der Waals surface area contributed by atoms with E-state index in [9.17, 15) is 9.90 Å². The van der Waals surface area contributed by atoms with Gasteiger partial charge in [-0.2, -0.15) is 0 Å². The third-order valence-electron chi connectivity index (χ3n) is 4.73. The van der Waals surface area contributed by atoms with Gasteiger partial charge < -0.3 is 20.1 Å². The van der Waals surface area contributed by atoms with Crippen molar-refractivity contribution < 1.29 is 14.6 Å². The van der Waals surface area contributed by atoms with Crippen LogP contribution in [0.15, 0.2) is 18.2 Å². The summed E-state index contributed by atoms with van der Waals surface area (Å²) in [4.78, 5) is 16.6. The number of nitrogens with one attached hydrogen (secondary N) is 1. The molecule has 2 saturated heterocycles. The fourth-order valence-corrected chi connectivity index (χ4v) is 3.56. The molecule has 1 aromatic rings. The molecule has 2 heterocycles. The van der Waals surface area contributed by atoms with E-state index in [2.05, 4.69) is 10.2 Å². The van der Waals surface area contributed by atoms with Crippen molar-refractivity contribution in [1.82, 2.24) is 15.1 Å². The summed E-state index contributed by atoms with van der Waals surface area (Å²) < 4.78 is 5.40. The molecule has 1 amide bonds. The Morgan fingerprint density at radius 3 is 2.75 bits per heavy atom. The van der Waals surface area contributed by atoms with Gasteiger partial charge in [-0.05, 0) is 24.6 Å². The first-order valence-corrected chi connectivity index (χ1v) is 8.69. The standard InChI is InChI=1S/C17H24ClN3O3/c1-24-16-3-2-13(18)8-12(16)11-20-4-6-21(7-5-20)17(23)15-9-14(22)10-19-15/h2-3,8,14-15,19,22H,4-7,9-11H2,1H3/t14-,15-/m1/s1. The molecule has 0 spiro atoms. The Labute approximate surface area is 147 Å². The number of nitrogens with zero attached hydrogens (tertiary/aromatic N) is 2. The van der Waals surface area contributed by atoms with Crippen molar-refractivity contribution in [3.05, 3.63) is 28.8 Å². The first-order chi connectivity index (χ1) is 11.6. The number of benzene rings is 1. The van der Waals surface area contributed by atoms with E-state index in [1.54, 1.807) is 7.11 Å². The second kappa shape index (κ2) is 7.70. The van der Waals surface area contributed by atoms with Gasteiger partial charge in [0.2, 0.25) is 5.91 Å². The number of amides is 1. The number of carbonyl (C=O) groups is 1. The predicted octanol–water partition coefficient (Wildman–Crippen LogP) is 0.716. The molecular weight excluding hydrogens is 330 g/mol. The van der Waals surface area contributed by atoms with E-state index < -0.39 is 6.10 Å². The van der Waals surface area contributed by atoms with Crippen LogP contribution in [0.4, 0.5) is 0 Å².